The van der Waals surface area contributed by atoms with Gasteiger partial charge in [0, 0.05) is 22.9 Å². The number of rotatable bonds is 5. The van der Waals surface area contributed by atoms with Crippen molar-refractivity contribution in [3.05, 3.63) is 89.5 Å². The van der Waals surface area contributed by atoms with Crippen molar-refractivity contribution < 1.29 is 22.8 Å². The van der Waals surface area contributed by atoms with Gasteiger partial charge in [-0.3, -0.25) is 9.59 Å². The summed E-state index contributed by atoms with van der Waals surface area (Å²) in [4.78, 5) is 25.1. The maximum absolute atomic E-state index is 12.9. The van der Waals surface area contributed by atoms with Gasteiger partial charge in [0.1, 0.15) is 0 Å². The summed E-state index contributed by atoms with van der Waals surface area (Å²) >= 11 is 0. The van der Waals surface area contributed by atoms with Gasteiger partial charge in [-0.25, -0.2) is 0 Å². The molecule has 4 nitrogen and oxygen atoms in total. The zero-order valence-electron chi connectivity index (χ0n) is 16.4. The van der Waals surface area contributed by atoms with Crippen molar-refractivity contribution >= 4 is 17.5 Å². The Balaban J connectivity index is 1.55. The van der Waals surface area contributed by atoms with E-state index < -0.39 is 17.6 Å². The van der Waals surface area contributed by atoms with E-state index in [9.17, 15) is 22.8 Å². The quantitative estimate of drug-likeness (QED) is 0.567. The molecule has 1 aliphatic carbocycles. The van der Waals surface area contributed by atoms with Crippen LogP contribution in [0, 0.1) is 0 Å². The van der Waals surface area contributed by atoms with Crippen molar-refractivity contribution in [1.29, 1.82) is 0 Å². The van der Waals surface area contributed by atoms with Gasteiger partial charge in [0.2, 0.25) is 0 Å². The molecular formula is C24H19F3N2O2. The fourth-order valence-corrected chi connectivity index (χ4v) is 3.20. The fraction of sp³-hybridized carbons (Fsp3) is 0.167. The summed E-state index contributed by atoms with van der Waals surface area (Å²) in [5.74, 6) is -0.612. The number of nitrogens with one attached hydrogen (secondary N) is 2. The molecule has 3 aromatic carbocycles. The maximum Gasteiger partial charge on any atom is 0.416 e. The minimum Gasteiger partial charge on any atom is -0.349 e. The first kappa shape index (κ1) is 20.7. The Morgan fingerprint density at radius 1 is 0.839 bits per heavy atom. The summed E-state index contributed by atoms with van der Waals surface area (Å²) in [5.41, 5.74) is 1.47. The zero-order chi connectivity index (χ0) is 22.0. The number of benzene rings is 3. The zero-order valence-corrected chi connectivity index (χ0v) is 16.4. The second-order valence-electron chi connectivity index (χ2n) is 7.40. The first-order chi connectivity index (χ1) is 14.8. The van der Waals surface area contributed by atoms with Gasteiger partial charge in [-0.1, -0.05) is 36.4 Å². The second-order valence-corrected chi connectivity index (χ2v) is 7.40. The molecule has 0 radical (unpaired) electrons. The van der Waals surface area contributed by atoms with Crippen molar-refractivity contribution in [1.82, 2.24) is 5.32 Å². The van der Waals surface area contributed by atoms with E-state index in [1.165, 1.54) is 12.1 Å². The van der Waals surface area contributed by atoms with Crippen molar-refractivity contribution in [3.8, 4) is 11.1 Å². The van der Waals surface area contributed by atoms with Gasteiger partial charge in [-0.05, 0) is 60.4 Å². The van der Waals surface area contributed by atoms with Crippen LogP contribution in [-0.4, -0.2) is 17.9 Å². The van der Waals surface area contributed by atoms with Crippen molar-refractivity contribution in [2.75, 3.05) is 5.32 Å². The molecule has 3 aromatic rings. The molecular weight excluding hydrogens is 405 g/mol. The van der Waals surface area contributed by atoms with E-state index in [4.69, 9.17) is 0 Å². The Morgan fingerprint density at radius 3 is 2.23 bits per heavy atom. The molecule has 1 aliphatic rings. The van der Waals surface area contributed by atoms with Crippen molar-refractivity contribution in [2.45, 2.75) is 25.1 Å². The number of alkyl halides is 3. The third-order valence-corrected chi connectivity index (χ3v) is 4.99. The van der Waals surface area contributed by atoms with Gasteiger partial charge in [0.15, 0.2) is 0 Å². The molecule has 158 valence electrons. The Bertz CT molecular complexity index is 1120. The highest BCUT2D eigenvalue weighted by molar-refractivity contribution is 6.09. The van der Waals surface area contributed by atoms with E-state index in [1.54, 1.807) is 48.5 Å². The van der Waals surface area contributed by atoms with Crippen LogP contribution in [-0.2, 0) is 6.18 Å². The number of hydrogen-bond donors (Lipinski definition) is 2. The Morgan fingerprint density at radius 2 is 1.55 bits per heavy atom. The third kappa shape index (κ3) is 4.94. The summed E-state index contributed by atoms with van der Waals surface area (Å²) in [6.07, 6.45) is -2.47. The number of carbonyl (C=O) groups is 2. The van der Waals surface area contributed by atoms with Crippen LogP contribution in [0.1, 0.15) is 39.1 Å². The molecule has 0 aromatic heterocycles. The number of anilines is 1. The van der Waals surface area contributed by atoms with E-state index >= 15 is 0 Å². The molecule has 1 fully saturated rings. The standard InChI is InChI=1S/C24H19F3N2O2/c25-24(26,27)17-10-8-15(9-11-17)20-6-1-2-7-21(20)23(31)29-19-5-3-4-16(14-19)22(30)28-18-12-13-18/h1-11,14,18H,12-13H2,(H,28,30)(H,29,31). The first-order valence-corrected chi connectivity index (χ1v) is 9.80. The van der Waals surface area contributed by atoms with Crippen LogP contribution >= 0.6 is 0 Å². The van der Waals surface area contributed by atoms with Crippen molar-refractivity contribution in [2.24, 2.45) is 0 Å². The third-order valence-electron chi connectivity index (χ3n) is 4.99. The van der Waals surface area contributed by atoms with E-state index in [-0.39, 0.29) is 11.9 Å². The van der Waals surface area contributed by atoms with E-state index in [0.29, 0.717) is 27.9 Å². The Kier molecular flexibility index (Phi) is 5.50. The summed E-state index contributed by atoms with van der Waals surface area (Å²) in [7, 11) is 0. The van der Waals surface area contributed by atoms with Gasteiger partial charge in [-0.2, -0.15) is 13.2 Å². The molecule has 0 aliphatic heterocycles. The highest BCUT2D eigenvalue weighted by Crippen LogP contribution is 2.32. The fourth-order valence-electron chi connectivity index (χ4n) is 3.20. The van der Waals surface area contributed by atoms with Gasteiger partial charge >= 0.3 is 6.18 Å². The smallest absolute Gasteiger partial charge is 0.349 e. The van der Waals surface area contributed by atoms with E-state index in [1.807, 2.05) is 0 Å². The summed E-state index contributed by atoms with van der Waals surface area (Å²) in [6, 6.07) is 18.2. The van der Waals surface area contributed by atoms with Gasteiger partial charge in [0.05, 0.1) is 5.56 Å². The maximum atomic E-state index is 12.9. The monoisotopic (exact) mass is 424 g/mol. The van der Waals surface area contributed by atoms with Crippen LogP contribution in [0.15, 0.2) is 72.8 Å². The molecule has 1 saturated carbocycles. The molecule has 0 atom stereocenters. The summed E-state index contributed by atoms with van der Waals surface area (Å²) in [6.45, 7) is 0. The van der Waals surface area contributed by atoms with E-state index in [2.05, 4.69) is 10.6 Å². The molecule has 2 N–H and O–H groups in total. The van der Waals surface area contributed by atoms with Crippen LogP contribution in [0.25, 0.3) is 11.1 Å². The SMILES string of the molecule is O=C(NC1CC1)c1cccc(NC(=O)c2ccccc2-c2ccc(C(F)(F)F)cc2)c1. The largest absolute Gasteiger partial charge is 0.416 e. The van der Waals surface area contributed by atoms with Crippen LogP contribution < -0.4 is 10.6 Å². The highest BCUT2D eigenvalue weighted by Gasteiger charge is 2.30. The predicted octanol–water partition coefficient (Wildman–Crippen LogP) is 5.52. The highest BCUT2D eigenvalue weighted by atomic mass is 19.4. The summed E-state index contributed by atoms with van der Waals surface area (Å²) in [5, 5.41) is 5.67. The minimum atomic E-state index is -4.42. The topological polar surface area (TPSA) is 58.2 Å². The average Bonchev–Trinajstić information content (AvgIpc) is 3.57. The number of amides is 2. The molecule has 7 heteroatoms. The molecule has 2 amide bonds. The summed E-state index contributed by atoms with van der Waals surface area (Å²) < 4.78 is 38.5. The molecule has 0 bridgehead atoms. The lowest BCUT2D eigenvalue weighted by Gasteiger charge is -2.12. The number of carbonyl (C=O) groups excluding carboxylic acids is 2. The van der Waals surface area contributed by atoms with Gasteiger partial charge in [-0.15, -0.1) is 0 Å². The normalized spacial score (nSPS) is 13.5. The van der Waals surface area contributed by atoms with Gasteiger partial charge < -0.3 is 10.6 Å². The molecule has 0 unspecified atom stereocenters. The lowest BCUT2D eigenvalue weighted by molar-refractivity contribution is -0.137. The van der Waals surface area contributed by atoms with Crippen molar-refractivity contribution in [3.63, 3.8) is 0 Å². The average molecular weight is 424 g/mol. The first-order valence-electron chi connectivity index (χ1n) is 9.80. The lowest BCUT2D eigenvalue weighted by Crippen LogP contribution is -2.25. The lowest BCUT2D eigenvalue weighted by atomic mass is 9.98. The predicted molar refractivity (Wildman–Crippen MR) is 112 cm³/mol. The van der Waals surface area contributed by atoms with E-state index in [0.717, 1.165) is 25.0 Å². The van der Waals surface area contributed by atoms with Crippen LogP contribution in [0.5, 0.6) is 0 Å². The van der Waals surface area contributed by atoms with Crippen LogP contribution in [0.2, 0.25) is 0 Å². The Labute approximate surface area is 177 Å². The van der Waals surface area contributed by atoms with Crippen LogP contribution in [0.3, 0.4) is 0 Å². The van der Waals surface area contributed by atoms with Gasteiger partial charge in [0.25, 0.3) is 11.8 Å². The number of halogens is 3. The molecule has 31 heavy (non-hydrogen) atoms. The second kappa shape index (κ2) is 8.26. The minimum absolute atomic E-state index is 0.191. The van der Waals surface area contributed by atoms with Crippen LogP contribution in [0.4, 0.5) is 18.9 Å². The molecule has 4 rings (SSSR count). The molecule has 0 heterocycles. The molecule has 0 saturated heterocycles. The number of hydrogen-bond acceptors (Lipinski definition) is 2. The Hall–Kier alpha value is -3.61. The molecule has 0 spiro atoms.